The number of amides is 1. The van der Waals surface area contributed by atoms with Crippen molar-refractivity contribution >= 4 is 29.1 Å². The molecule has 4 rings (SSSR count). The molecule has 1 aliphatic carbocycles. The number of aromatic nitrogens is 3. The summed E-state index contributed by atoms with van der Waals surface area (Å²) in [7, 11) is 0. The summed E-state index contributed by atoms with van der Waals surface area (Å²) >= 11 is 1.31. The fourth-order valence-electron chi connectivity index (χ4n) is 3.40. The normalized spacial score (nSPS) is 13.4. The van der Waals surface area contributed by atoms with Gasteiger partial charge in [0.05, 0.1) is 11.3 Å². The van der Waals surface area contributed by atoms with Crippen molar-refractivity contribution in [3.63, 3.8) is 0 Å². The number of halogens is 1. The Morgan fingerprint density at radius 2 is 1.84 bits per heavy atom. The van der Waals surface area contributed by atoms with E-state index in [1.54, 1.807) is 42.5 Å². The third-order valence-electron chi connectivity index (χ3n) is 5.11. The number of Topliss-reactive ketones (excluding diaryl/α,β-unsaturated/α-hetero) is 1. The molecule has 0 spiro atoms. The maximum atomic E-state index is 14.3. The number of carbonyl (C=O) groups is 2. The largest absolute Gasteiger partial charge is 0.326 e. The average Bonchev–Trinajstić information content (AvgIpc) is 3.51. The third kappa shape index (κ3) is 5.24. The molecule has 6 nitrogen and oxygen atoms in total. The van der Waals surface area contributed by atoms with Gasteiger partial charge in [0.25, 0.3) is 0 Å². The molecule has 1 aliphatic rings. The van der Waals surface area contributed by atoms with Gasteiger partial charge in [0.2, 0.25) is 5.91 Å². The lowest BCUT2D eigenvalue weighted by Gasteiger charge is -2.09. The summed E-state index contributed by atoms with van der Waals surface area (Å²) in [6, 6.07) is 13.7. The minimum absolute atomic E-state index is 0.0419. The number of benzene rings is 2. The number of anilines is 1. The van der Waals surface area contributed by atoms with Crippen molar-refractivity contribution in [2.75, 3.05) is 11.1 Å². The van der Waals surface area contributed by atoms with Gasteiger partial charge < -0.3 is 5.32 Å². The zero-order chi connectivity index (χ0) is 22.7. The Labute approximate surface area is 190 Å². The smallest absolute Gasteiger partial charge is 0.224 e. The van der Waals surface area contributed by atoms with Crippen LogP contribution in [0.2, 0.25) is 0 Å². The Morgan fingerprint density at radius 1 is 1.12 bits per heavy atom. The summed E-state index contributed by atoms with van der Waals surface area (Å²) in [6.45, 7) is 3.98. The summed E-state index contributed by atoms with van der Waals surface area (Å²) in [6.07, 6.45) is 2.43. The summed E-state index contributed by atoms with van der Waals surface area (Å²) in [5, 5.41) is 11.9. The number of carbonyl (C=O) groups excluding carboxylic acids is 2. The van der Waals surface area contributed by atoms with E-state index >= 15 is 0 Å². The topological polar surface area (TPSA) is 76.9 Å². The Kier molecular flexibility index (Phi) is 6.69. The van der Waals surface area contributed by atoms with E-state index < -0.39 is 0 Å². The number of rotatable bonds is 9. The molecule has 0 atom stereocenters. The highest BCUT2D eigenvalue weighted by Gasteiger charge is 2.31. The first kappa shape index (κ1) is 22.2. The summed E-state index contributed by atoms with van der Waals surface area (Å²) in [5.74, 6) is 0.551. The van der Waals surface area contributed by atoms with Crippen molar-refractivity contribution in [3.05, 3.63) is 59.9 Å². The molecule has 0 aliphatic heterocycles. The van der Waals surface area contributed by atoms with Crippen LogP contribution in [0.25, 0.3) is 11.4 Å². The highest BCUT2D eigenvalue weighted by atomic mass is 32.2. The second-order valence-electron chi connectivity index (χ2n) is 8.32. The number of hydrogen-bond donors (Lipinski definition) is 1. The predicted molar refractivity (Wildman–Crippen MR) is 123 cm³/mol. The summed E-state index contributed by atoms with van der Waals surface area (Å²) < 4.78 is 16.2. The molecule has 1 saturated carbocycles. The first-order valence-electron chi connectivity index (χ1n) is 10.7. The molecule has 1 N–H and O–H groups in total. The molecule has 1 fully saturated rings. The highest BCUT2D eigenvalue weighted by molar-refractivity contribution is 7.99. The van der Waals surface area contributed by atoms with Crippen LogP contribution in [-0.2, 0) is 4.79 Å². The van der Waals surface area contributed by atoms with E-state index in [4.69, 9.17) is 0 Å². The number of thioether (sulfide) groups is 1. The Morgan fingerprint density at radius 3 is 2.50 bits per heavy atom. The van der Waals surface area contributed by atoms with E-state index in [-0.39, 0.29) is 35.2 Å². The van der Waals surface area contributed by atoms with Crippen LogP contribution in [0.1, 0.15) is 49.5 Å². The van der Waals surface area contributed by atoms with Crippen LogP contribution in [0, 0.1) is 11.7 Å². The van der Waals surface area contributed by atoms with Crippen LogP contribution >= 0.6 is 11.8 Å². The van der Waals surface area contributed by atoms with E-state index in [9.17, 15) is 14.0 Å². The number of nitrogens with one attached hydrogen (secondary N) is 1. The molecule has 8 heteroatoms. The van der Waals surface area contributed by atoms with Crippen molar-refractivity contribution in [1.82, 2.24) is 14.8 Å². The van der Waals surface area contributed by atoms with Gasteiger partial charge >= 0.3 is 0 Å². The predicted octanol–water partition coefficient (Wildman–Crippen LogP) is 5.38. The van der Waals surface area contributed by atoms with Crippen LogP contribution in [-0.4, -0.2) is 32.2 Å². The minimum atomic E-state index is -0.338. The van der Waals surface area contributed by atoms with E-state index in [1.165, 1.54) is 17.8 Å². The van der Waals surface area contributed by atoms with Crippen molar-refractivity contribution in [2.24, 2.45) is 5.92 Å². The molecular weight excluding hydrogens is 427 g/mol. The summed E-state index contributed by atoms with van der Waals surface area (Å²) in [4.78, 5) is 24.6. The Hall–Kier alpha value is -3.00. The molecule has 1 aromatic heterocycles. The lowest BCUT2D eigenvalue weighted by molar-refractivity contribution is -0.116. The van der Waals surface area contributed by atoms with Gasteiger partial charge in [0.15, 0.2) is 16.8 Å². The van der Waals surface area contributed by atoms with Gasteiger partial charge in [0.1, 0.15) is 5.82 Å². The highest BCUT2D eigenvalue weighted by Crippen LogP contribution is 2.41. The lowest BCUT2D eigenvalue weighted by atomic mass is 10.1. The Bertz CT molecular complexity index is 1120. The second kappa shape index (κ2) is 9.65. The molecule has 1 amide bonds. The van der Waals surface area contributed by atoms with E-state index in [0.29, 0.717) is 34.2 Å². The van der Waals surface area contributed by atoms with Crippen LogP contribution in [0.3, 0.4) is 0 Å². The van der Waals surface area contributed by atoms with Crippen molar-refractivity contribution in [2.45, 2.75) is 44.3 Å². The molecule has 0 bridgehead atoms. The molecule has 32 heavy (non-hydrogen) atoms. The fourth-order valence-corrected chi connectivity index (χ4v) is 4.30. The maximum absolute atomic E-state index is 14.3. The summed E-state index contributed by atoms with van der Waals surface area (Å²) in [5.41, 5.74) is 1.65. The van der Waals surface area contributed by atoms with Crippen molar-refractivity contribution in [1.29, 1.82) is 0 Å². The Balaban J connectivity index is 1.42. The SMILES string of the molecule is CC(C)CC(=O)Nc1ccc(C(=O)CSc2nnc(-c3ccccc3F)n2C2CC2)cc1. The standard InChI is InChI=1S/C24H25FN4O2S/c1-15(2)13-22(31)26-17-9-7-16(8-10-17)21(30)14-32-24-28-27-23(29(24)18-11-12-18)19-5-3-4-6-20(19)25/h3-10,15,18H,11-14H2,1-2H3,(H,26,31). The van der Waals surface area contributed by atoms with E-state index in [0.717, 1.165) is 12.8 Å². The first-order valence-corrected chi connectivity index (χ1v) is 11.7. The minimum Gasteiger partial charge on any atom is -0.326 e. The van der Waals surface area contributed by atoms with Crippen LogP contribution in [0.4, 0.5) is 10.1 Å². The van der Waals surface area contributed by atoms with Gasteiger partial charge in [-0.25, -0.2) is 4.39 Å². The number of nitrogens with zero attached hydrogens (tertiary/aromatic N) is 3. The van der Waals surface area contributed by atoms with E-state index in [1.807, 2.05) is 18.4 Å². The fraction of sp³-hybridized carbons (Fsp3) is 0.333. The molecule has 0 radical (unpaired) electrons. The van der Waals surface area contributed by atoms with Gasteiger partial charge in [-0.3, -0.25) is 14.2 Å². The number of ketones is 1. The molecule has 0 unspecified atom stereocenters. The maximum Gasteiger partial charge on any atom is 0.224 e. The van der Waals surface area contributed by atoms with E-state index in [2.05, 4.69) is 15.5 Å². The van der Waals surface area contributed by atoms with Gasteiger partial charge in [-0.15, -0.1) is 10.2 Å². The quantitative estimate of drug-likeness (QED) is 0.348. The van der Waals surface area contributed by atoms with Crippen LogP contribution in [0.15, 0.2) is 53.7 Å². The average molecular weight is 453 g/mol. The van der Waals surface area contributed by atoms with Crippen LogP contribution in [0.5, 0.6) is 0 Å². The zero-order valence-electron chi connectivity index (χ0n) is 18.0. The van der Waals surface area contributed by atoms with Crippen molar-refractivity contribution < 1.29 is 14.0 Å². The zero-order valence-corrected chi connectivity index (χ0v) is 18.9. The molecule has 1 heterocycles. The first-order chi connectivity index (χ1) is 15.4. The lowest BCUT2D eigenvalue weighted by Crippen LogP contribution is -2.14. The molecule has 2 aromatic carbocycles. The molecule has 166 valence electrons. The van der Waals surface area contributed by atoms with Gasteiger partial charge in [0, 0.05) is 23.7 Å². The molecule has 0 saturated heterocycles. The van der Waals surface area contributed by atoms with Crippen LogP contribution < -0.4 is 5.32 Å². The molecule has 3 aromatic rings. The third-order valence-corrected chi connectivity index (χ3v) is 6.05. The van der Waals surface area contributed by atoms with Gasteiger partial charge in [-0.2, -0.15) is 0 Å². The van der Waals surface area contributed by atoms with Gasteiger partial charge in [-0.05, 0) is 55.2 Å². The number of hydrogen-bond acceptors (Lipinski definition) is 5. The van der Waals surface area contributed by atoms with Gasteiger partial charge in [-0.1, -0.05) is 37.7 Å². The monoisotopic (exact) mass is 452 g/mol. The molecular formula is C24H25FN4O2S. The second-order valence-corrected chi connectivity index (χ2v) is 9.27. The van der Waals surface area contributed by atoms with Crippen molar-refractivity contribution in [3.8, 4) is 11.4 Å².